The molecule has 0 aliphatic heterocycles. The van der Waals surface area contributed by atoms with Crippen LogP contribution in [0.4, 0.5) is 0 Å². The van der Waals surface area contributed by atoms with Gasteiger partial charge in [-0.1, -0.05) is 29.8 Å². The van der Waals surface area contributed by atoms with Gasteiger partial charge in [0.15, 0.2) is 11.5 Å². The van der Waals surface area contributed by atoms with E-state index in [0.29, 0.717) is 29.5 Å². The van der Waals surface area contributed by atoms with Crippen LogP contribution in [-0.4, -0.2) is 36.5 Å². The van der Waals surface area contributed by atoms with Crippen molar-refractivity contribution in [2.75, 3.05) is 14.2 Å². The van der Waals surface area contributed by atoms with Gasteiger partial charge in [0.05, 0.1) is 26.1 Å². The molecule has 0 aliphatic rings. The number of aromatic amines is 1. The summed E-state index contributed by atoms with van der Waals surface area (Å²) < 4.78 is 16.3. The molecule has 4 rings (SSSR count). The third-order valence-electron chi connectivity index (χ3n) is 5.29. The summed E-state index contributed by atoms with van der Waals surface area (Å²) in [6, 6.07) is 22.8. The van der Waals surface area contributed by atoms with Crippen molar-refractivity contribution in [3.05, 3.63) is 95.2 Å². The minimum atomic E-state index is -0.404. The number of H-pyrrole nitrogens is 1. The Balaban J connectivity index is 1.33. The molecule has 0 unspecified atom stereocenters. The van der Waals surface area contributed by atoms with E-state index in [1.165, 1.54) is 11.8 Å². The molecule has 8 nitrogen and oxygen atoms in total. The van der Waals surface area contributed by atoms with Crippen LogP contribution in [0.25, 0.3) is 11.3 Å². The molecule has 4 aromatic rings. The Bertz CT molecular complexity index is 1310. The molecule has 0 spiro atoms. The number of hydrogen-bond acceptors (Lipinski definition) is 6. The van der Waals surface area contributed by atoms with Crippen LogP contribution in [0.5, 0.6) is 17.2 Å². The second-order valence-electron chi connectivity index (χ2n) is 7.78. The summed E-state index contributed by atoms with van der Waals surface area (Å²) >= 11 is 0. The number of nitrogens with one attached hydrogen (secondary N) is 2. The smallest absolute Gasteiger partial charge is 0.289 e. The summed E-state index contributed by atoms with van der Waals surface area (Å²) in [5.41, 5.74) is 7.36. The fourth-order valence-electron chi connectivity index (χ4n) is 3.32. The van der Waals surface area contributed by atoms with E-state index in [9.17, 15) is 4.79 Å². The average molecular weight is 471 g/mol. The SMILES string of the molecule is COc1ccc(/C=N/NC(=O)c2cc(-c3ccc(OCc4ccc(C)cc4)cc3)n[nH]2)cc1OC. The summed E-state index contributed by atoms with van der Waals surface area (Å²) in [6.45, 7) is 2.55. The Morgan fingerprint density at radius 3 is 2.43 bits per heavy atom. The molecule has 178 valence electrons. The van der Waals surface area contributed by atoms with Crippen molar-refractivity contribution in [1.82, 2.24) is 15.6 Å². The minimum Gasteiger partial charge on any atom is -0.493 e. The van der Waals surface area contributed by atoms with Crippen molar-refractivity contribution in [3.8, 4) is 28.5 Å². The Labute approximate surface area is 203 Å². The Morgan fingerprint density at radius 2 is 1.71 bits per heavy atom. The quantitative estimate of drug-likeness (QED) is 0.272. The van der Waals surface area contributed by atoms with E-state index in [4.69, 9.17) is 14.2 Å². The minimum absolute atomic E-state index is 0.296. The molecule has 0 saturated heterocycles. The highest BCUT2D eigenvalue weighted by Crippen LogP contribution is 2.27. The number of carbonyl (C=O) groups is 1. The Hall–Kier alpha value is -4.59. The lowest BCUT2D eigenvalue weighted by Gasteiger charge is -2.07. The first kappa shape index (κ1) is 23.6. The van der Waals surface area contributed by atoms with Crippen LogP contribution in [0.1, 0.15) is 27.2 Å². The highest BCUT2D eigenvalue weighted by atomic mass is 16.5. The largest absolute Gasteiger partial charge is 0.493 e. The Kier molecular flexibility index (Phi) is 7.42. The van der Waals surface area contributed by atoms with E-state index in [1.54, 1.807) is 38.5 Å². The first-order valence-electron chi connectivity index (χ1n) is 11.0. The third-order valence-corrected chi connectivity index (χ3v) is 5.29. The molecule has 0 saturated carbocycles. The molecular formula is C27H26N4O4. The van der Waals surface area contributed by atoms with Crippen molar-refractivity contribution >= 4 is 12.1 Å². The van der Waals surface area contributed by atoms with Gasteiger partial charge in [0, 0.05) is 5.56 Å². The van der Waals surface area contributed by atoms with Crippen LogP contribution < -0.4 is 19.6 Å². The normalized spacial score (nSPS) is 10.8. The predicted molar refractivity (Wildman–Crippen MR) is 134 cm³/mol. The van der Waals surface area contributed by atoms with Gasteiger partial charge in [-0.25, -0.2) is 5.43 Å². The zero-order valence-corrected chi connectivity index (χ0v) is 19.7. The van der Waals surface area contributed by atoms with Gasteiger partial charge in [0.2, 0.25) is 0 Å². The van der Waals surface area contributed by atoms with Gasteiger partial charge >= 0.3 is 0 Å². The van der Waals surface area contributed by atoms with Crippen molar-refractivity contribution in [2.24, 2.45) is 5.10 Å². The lowest BCUT2D eigenvalue weighted by Crippen LogP contribution is -2.18. The lowest BCUT2D eigenvalue weighted by atomic mass is 10.1. The van der Waals surface area contributed by atoms with Crippen molar-refractivity contribution < 1.29 is 19.0 Å². The van der Waals surface area contributed by atoms with Crippen molar-refractivity contribution in [3.63, 3.8) is 0 Å². The maximum atomic E-state index is 12.4. The second kappa shape index (κ2) is 11.0. The van der Waals surface area contributed by atoms with Crippen LogP contribution >= 0.6 is 0 Å². The molecule has 1 aromatic heterocycles. The monoisotopic (exact) mass is 470 g/mol. The number of benzene rings is 3. The molecule has 1 amide bonds. The van der Waals surface area contributed by atoms with Gasteiger partial charge in [-0.05, 0) is 66.6 Å². The van der Waals surface area contributed by atoms with Gasteiger partial charge in [0.25, 0.3) is 5.91 Å². The molecule has 0 fully saturated rings. The van der Waals surface area contributed by atoms with E-state index in [0.717, 1.165) is 22.4 Å². The molecular weight excluding hydrogens is 444 g/mol. The Morgan fingerprint density at radius 1 is 0.971 bits per heavy atom. The fraction of sp³-hybridized carbons (Fsp3) is 0.148. The number of hydrazone groups is 1. The van der Waals surface area contributed by atoms with Gasteiger partial charge in [-0.3, -0.25) is 9.89 Å². The molecule has 2 N–H and O–H groups in total. The molecule has 0 atom stereocenters. The molecule has 0 bridgehead atoms. The first-order chi connectivity index (χ1) is 17.1. The number of hydrogen-bond donors (Lipinski definition) is 2. The summed E-state index contributed by atoms with van der Waals surface area (Å²) in [4.78, 5) is 12.4. The number of aromatic nitrogens is 2. The molecule has 35 heavy (non-hydrogen) atoms. The van der Waals surface area contributed by atoms with E-state index in [2.05, 4.69) is 51.9 Å². The van der Waals surface area contributed by atoms with Crippen LogP contribution in [-0.2, 0) is 6.61 Å². The summed E-state index contributed by atoms with van der Waals surface area (Å²) in [7, 11) is 3.13. The molecule has 8 heteroatoms. The first-order valence-corrected chi connectivity index (χ1v) is 11.0. The lowest BCUT2D eigenvalue weighted by molar-refractivity contribution is 0.0950. The second-order valence-corrected chi connectivity index (χ2v) is 7.78. The summed E-state index contributed by atoms with van der Waals surface area (Å²) in [5, 5.41) is 11.0. The zero-order chi connectivity index (χ0) is 24.6. The van der Waals surface area contributed by atoms with Gasteiger partial charge in [0.1, 0.15) is 18.1 Å². The number of carbonyl (C=O) groups excluding carboxylic acids is 1. The summed E-state index contributed by atoms with van der Waals surface area (Å²) in [5.74, 6) is 1.54. The summed E-state index contributed by atoms with van der Waals surface area (Å²) in [6.07, 6.45) is 1.52. The standard InChI is InChI=1S/C27H26N4O4/c1-18-4-6-19(7-5-18)17-35-22-11-9-21(10-12-22)23-15-24(30-29-23)27(32)31-28-16-20-8-13-25(33-2)26(14-20)34-3/h4-16H,17H2,1-3H3,(H,29,30)(H,31,32)/b28-16+. The maximum absolute atomic E-state index is 12.4. The molecule has 0 radical (unpaired) electrons. The van der Waals surface area contributed by atoms with Gasteiger partial charge in [-0.15, -0.1) is 0 Å². The number of rotatable bonds is 9. The average Bonchev–Trinajstić information content (AvgIpc) is 3.39. The molecule has 0 aliphatic carbocycles. The van der Waals surface area contributed by atoms with E-state index >= 15 is 0 Å². The topological polar surface area (TPSA) is 97.8 Å². The van der Waals surface area contributed by atoms with Crippen molar-refractivity contribution in [1.29, 1.82) is 0 Å². The number of methoxy groups -OCH3 is 2. The molecule has 1 heterocycles. The molecule has 3 aromatic carbocycles. The van der Waals surface area contributed by atoms with E-state index in [-0.39, 0.29) is 0 Å². The number of amides is 1. The zero-order valence-electron chi connectivity index (χ0n) is 19.7. The highest BCUT2D eigenvalue weighted by molar-refractivity contribution is 5.94. The van der Waals surface area contributed by atoms with E-state index in [1.807, 2.05) is 24.3 Å². The predicted octanol–water partition coefficient (Wildman–Crippen LogP) is 4.75. The van der Waals surface area contributed by atoms with E-state index < -0.39 is 5.91 Å². The van der Waals surface area contributed by atoms with Crippen LogP contribution in [0, 0.1) is 6.92 Å². The maximum Gasteiger partial charge on any atom is 0.289 e. The highest BCUT2D eigenvalue weighted by Gasteiger charge is 2.11. The fourth-order valence-corrected chi connectivity index (χ4v) is 3.32. The van der Waals surface area contributed by atoms with Crippen molar-refractivity contribution in [2.45, 2.75) is 13.5 Å². The number of aryl methyl sites for hydroxylation is 1. The van der Waals surface area contributed by atoms with Crippen LogP contribution in [0.15, 0.2) is 77.9 Å². The third kappa shape index (κ3) is 6.05. The van der Waals surface area contributed by atoms with Crippen LogP contribution in [0.3, 0.4) is 0 Å². The van der Waals surface area contributed by atoms with Gasteiger partial charge in [-0.2, -0.15) is 10.2 Å². The van der Waals surface area contributed by atoms with Gasteiger partial charge < -0.3 is 14.2 Å². The number of nitrogens with zero attached hydrogens (tertiary/aromatic N) is 2. The van der Waals surface area contributed by atoms with Crippen LogP contribution in [0.2, 0.25) is 0 Å². The number of ether oxygens (including phenoxy) is 3.